The molecule has 0 aliphatic carbocycles. The van der Waals surface area contributed by atoms with Crippen molar-refractivity contribution < 1.29 is 14.3 Å². The smallest absolute Gasteiger partial charge is 0.355 e. The van der Waals surface area contributed by atoms with Crippen LogP contribution in [0.2, 0.25) is 0 Å². The molecule has 0 aliphatic rings. The summed E-state index contributed by atoms with van der Waals surface area (Å²) in [6.07, 6.45) is 1.53. The molecule has 2 heterocycles. The second-order valence-corrected chi connectivity index (χ2v) is 4.30. The van der Waals surface area contributed by atoms with Crippen molar-refractivity contribution >= 4 is 16.9 Å². The van der Waals surface area contributed by atoms with Gasteiger partial charge in [0.15, 0.2) is 0 Å². The van der Waals surface area contributed by atoms with Crippen molar-refractivity contribution in [2.75, 3.05) is 20.3 Å². The highest BCUT2D eigenvalue weighted by Crippen LogP contribution is 2.22. The molecule has 0 spiro atoms. The van der Waals surface area contributed by atoms with E-state index in [0.717, 1.165) is 0 Å². The third-order valence-corrected chi connectivity index (χ3v) is 3.11. The van der Waals surface area contributed by atoms with Crippen LogP contribution in [0, 0.1) is 6.92 Å². The molecule has 2 rings (SSSR count). The highest BCUT2D eigenvalue weighted by Gasteiger charge is 2.23. The number of nitrogens with zero attached hydrogens (tertiary/aromatic N) is 2. The molecule has 20 heavy (non-hydrogen) atoms. The van der Waals surface area contributed by atoms with E-state index in [2.05, 4.69) is 10.2 Å². The van der Waals surface area contributed by atoms with E-state index in [-0.39, 0.29) is 12.2 Å². The Balaban J connectivity index is 2.70. The summed E-state index contributed by atoms with van der Waals surface area (Å²) in [6, 6.07) is 0. The van der Waals surface area contributed by atoms with Crippen molar-refractivity contribution in [2.45, 2.75) is 20.4 Å². The summed E-state index contributed by atoms with van der Waals surface area (Å²) in [7, 11) is 1.58. The Morgan fingerprint density at radius 2 is 2.25 bits per heavy atom. The number of carbonyl (C=O) groups excluding carboxylic acids is 1. The summed E-state index contributed by atoms with van der Waals surface area (Å²) in [5.41, 5.74) is 1.25. The van der Waals surface area contributed by atoms with Gasteiger partial charge in [0.2, 0.25) is 0 Å². The number of hydrogen-bond donors (Lipinski definition) is 1. The fourth-order valence-electron chi connectivity index (χ4n) is 2.27. The first-order chi connectivity index (χ1) is 9.61. The molecule has 0 amide bonds. The first-order valence-electron chi connectivity index (χ1n) is 6.34. The Kier molecular flexibility index (Phi) is 4.19. The van der Waals surface area contributed by atoms with E-state index in [0.29, 0.717) is 35.3 Å². The molecule has 0 aliphatic heterocycles. The van der Waals surface area contributed by atoms with Gasteiger partial charge in [-0.05, 0) is 19.4 Å². The number of nitrogens with one attached hydrogen (secondary N) is 1. The number of hydrogen-bond acceptors (Lipinski definition) is 5. The van der Waals surface area contributed by atoms with E-state index in [1.807, 2.05) is 0 Å². The van der Waals surface area contributed by atoms with Gasteiger partial charge in [0.05, 0.1) is 30.3 Å². The molecular formula is C13H17N3O4. The molecular weight excluding hydrogens is 262 g/mol. The molecule has 0 aromatic carbocycles. The van der Waals surface area contributed by atoms with Crippen LogP contribution in [0.15, 0.2) is 11.0 Å². The van der Waals surface area contributed by atoms with Gasteiger partial charge in [-0.25, -0.2) is 9.89 Å². The zero-order chi connectivity index (χ0) is 14.7. The van der Waals surface area contributed by atoms with E-state index in [1.54, 1.807) is 25.5 Å². The highest BCUT2D eigenvalue weighted by molar-refractivity contribution is 5.98. The van der Waals surface area contributed by atoms with Crippen LogP contribution in [-0.2, 0) is 16.0 Å². The maximum Gasteiger partial charge on any atom is 0.355 e. The van der Waals surface area contributed by atoms with Gasteiger partial charge in [-0.3, -0.25) is 4.79 Å². The Bertz CT molecular complexity index is 687. The summed E-state index contributed by atoms with van der Waals surface area (Å²) < 4.78 is 11.8. The number of methoxy groups -OCH3 is 1. The Morgan fingerprint density at radius 3 is 2.90 bits per heavy atom. The van der Waals surface area contributed by atoms with E-state index >= 15 is 0 Å². The Labute approximate surface area is 115 Å². The minimum Gasteiger partial charge on any atom is -0.461 e. The van der Waals surface area contributed by atoms with E-state index < -0.39 is 5.97 Å². The Hall–Kier alpha value is -2.15. The molecule has 108 valence electrons. The number of aromatic nitrogens is 3. The number of fused-ring (bicyclic) bond motifs is 1. The van der Waals surface area contributed by atoms with Crippen LogP contribution in [0.25, 0.3) is 10.9 Å². The molecule has 0 saturated heterocycles. The third-order valence-electron chi connectivity index (χ3n) is 3.11. The number of ether oxygens (including phenoxy) is 2. The van der Waals surface area contributed by atoms with Crippen molar-refractivity contribution in [1.82, 2.24) is 14.8 Å². The lowest BCUT2D eigenvalue weighted by Crippen LogP contribution is -2.15. The summed E-state index contributed by atoms with van der Waals surface area (Å²) in [5.74, 6) is -0.447. The highest BCUT2D eigenvalue weighted by atomic mass is 16.5. The van der Waals surface area contributed by atoms with E-state index in [1.165, 1.54) is 6.20 Å². The van der Waals surface area contributed by atoms with Crippen LogP contribution in [0.4, 0.5) is 0 Å². The molecule has 0 saturated carbocycles. The van der Waals surface area contributed by atoms with Gasteiger partial charge in [0, 0.05) is 13.7 Å². The SMILES string of the molecule is CCOC(=O)c1c(C)c2c(=O)[nH]ncc2n1CCOC. The van der Waals surface area contributed by atoms with Gasteiger partial charge in [0.1, 0.15) is 5.69 Å². The summed E-state index contributed by atoms with van der Waals surface area (Å²) in [5, 5.41) is 6.63. The molecule has 7 nitrogen and oxygen atoms in total. The fourth-order valence-corrected chi connectivity index (χ4v) is 2.27. The monoisotopic (exact) mass is 279 g/mol. The second-order valence-electron chi connectivity index (χ2n) is 4.30. The van der Waals surface area contributed by atoms with E-state index in [4.69, 9.17) is 9.47 Å². The van der Waals surface area contributed by atoms with Gasteiger partial charge in [-0.1, -0.05) is 0 Å². The van der Waals surface area contributed by atoms with Gasteiger partial charge in [-0.15, -0.1) is 0 Å². The number of aromatic amines is 1. The average molecular weight is 279 g/mol. The predicted molar refractivity (Wildman–Crippen MR) is 72.9 cm³/mol. The lowest BCUT2D eigenvalue weighted by Gasteiger charge is -2.09. The first kappa shape index (κ1) is 14.3. The number of aryl methyl sites for hydroxylation is 1. The minimum atomic E-state index is -0.447. The van der Waals surface area contributed by atoms with Crippen LogP contribution in [0.1, 0.15) is 23.0 Å². The first-order valence-corrected chi connectivity index (χ1v) is 6.34. The van der Waals surface area contributed by atoms with Crippen molar-refractivity contribution in [3.05, 3.63) is 27.8 Å². The quantitative estimate of drug-likeness (QED) is 0.820. The van der Waals surface area contributed by atoms with Crippen LogP contribution < -0.4 is 5.56 Å². The third kappa shape index (κ3) is 2.32. The molecule has 0 unspecified atom stereocenters. The summed E-state index contributed by atoms with van der Waals surface area (Å²) >= 11 is 0. The van der Waals surface area contributed by atoms with Gasteiger partial charge in [0.25, 0.3) is 5.56 Å². The maximum absolute atomic E-state index is 12.1. The Morgan fingerprint density at radius 1 is 1.50 bits per heavy atom. The van der Waals surface area contributed by atoms with Crippen LogP contribution >= 0.6 is 0 Å². The number of rotatable bonds is 5. The summed E-state index contributed by atoms with van der Waals surface area (Å²) in [6.45, 7) is 4.61. The van der Waals surface area contributed by atoms with Crippen molar-refractivity contribution in [3.63, 3.8) is 0 Å². The molecule has 1 N–H and O–H groups in total. The molecule has 0 fully saturated rings. The molecule has 0 radical (unpaired) electrons. The fraction of sp³-hybridized carbons (Fsp3) is 0.462. The van der Waals surface area contributed by atoms with Gasteiger partial charge >= 0.3 is 5.97 Å². The lowest BCUT2D eigenvalue weighted by molar-refractivity contribution is 0.0511. The minimum absolute atomic E-state index is 0.276. The normalized spacial score (nSPS) is 10.9. The van der Waals surface area contributed by atoms with E-state index in [9.17, 15) is 9.59 Å². The lowest BCUT2D eigenvalue weighted by atomic mass is 10.2. The molecule has 2 aromatic rings. The number of esters is 1. The van der Waals surface area contributed by atoms with Crippen LogP contribution in [0.5, 0.6) is 0 Å². The van der Waals surface area contributed by atoms with Crippen molar-refractivity contribution in [2.24, 2.45) is 0 Å². The standard InChI is InChI=1S/C13H17N3O4/c1-4-20-13(18)11-8(2)10-9(7-14-15-12(10)17)16(11)5-6-19-3/h7H,4-6H2,1-3H3,(H,15,17). The topological polar surface area (TPSA) is 86.2 Å². The number of H-pyrrole nitrogens is 1. The maximum atomic E-state index is 12.1. The molecule has 0 atom stereocenters. The van der Waals surface area contributed by atoms with Crippen LogP contribution in [-0.4, -0.2) is 41.1 Å². The van der Waals surface area contributed by atoms with Crippen molar-refractivity contribution in [1.29, 1.82) is 0 Å². The molecule has 7 heteroatoms. The second kappa shape index (κ2) is 5.87. The van der Waals surface area contributed by atoms with Gasteiger partial charge in [-0.2, -0.15) is 5.10 Å². The largest absolute Gasteiger partial charge is 0.461 e. The van der Waals surface area contributed by atoms with Gasteiger partial charge < -0.3 is 14.0 Å². The average Bonchev–Trinajstić information content (AvgIpc) is 2.71. The van der Waals surface area contributed by atoms with Crippen LogP contribution in [0.3, 0.4) is 0 Å². The zero-order valence-electron chi connectivity index (χ0n) is 11.7. The molecule has 2 aromatic heterocycles. The summed E-state index contributed by atoms with van der Waals surface area (Å²) in [4.78, 5) is 24.0. The zero-order valence-corrected chi connectivity index (χ0v) is 11.7. The van der Waals surface area contributed by atoms with Crippen molar-refractivity contribution in [3.8, 4) is 0 Å². The number of carbonyl (C=O) groups is 1. The molecule has 0 bridgehead atoms. The predicted octanol–water partition coefficient (Wildman–Crippen LogP) is 0.856.